The van der Waals surface area contributed by atoms with Crippen LogP contribution < -0.4 is 5.32 Å². The van der Waals surface area contributed by atoms with Gasteiger partial charge in [-0.3, -0.25) is 4.79 Å². The standard InChI is InChI=1S/C20H25N3O3S/c1-27(25,26)16-9-7-15(8-10-16)17-11-19(24)22-20-18(17)12-21-23(20)13-14-5-3-2-4-6-14/h7-10,12,14,17H,2-6,11,13H2,1H3,(H,22,24). The molecule has 1 atom stereocenters. The largest absolute Gasteiger partial charge is 0.311 e. The summed E-state index contributed by atoms with van der Waals surface area (Å²) >= 11 is 0. The number of hydrogen-bond acceptors (Lipinski definition) is 4. The van der Waals surface area contributed by atoms with Crippen LogP contribution in [0.2, 0.25) is 0 Å². The number of sulfone groups is 1. The zero-order valence-corrected chi connectivity index (χ0v) is 16.3. The minimum absolute atomic E-state index is 0.0231. The number of rotatable bonds is 4. The van der Waals surface area contributed by atoms with Crippen molar-refractivity contribution in [2.24, 2.45) is 5.92 Å². The van der Waals surface area contributed by atoms with Gasteiger partial charge in [0.1, 0.15) is 5.82 Å². The lowest BCUT2D eigenvalue weighted by molar-refractivity contribution is -0.116. The Balaban J connectivity index is 1.62. The summed E-state index contributed by atoms with van der Waals surface area (Å²) < 4.78 is 25.3. The van der Waals surface area contributed by atoms with Crippen LogP contribution in [0.5, 0.6) is 0 Å². The predicted molar refractivity (Wildman–Crippen MR) is 103 cm³/mol. The molecule has 0 saturated heterocycles. The maximum Gasteiger partial charge on any atom is 0.226 e. The average Bonchev–Trinajstić information content (AvgIpc) is 3.04. The molecule has 1 aliphatic carbocycles. The molecule has 1 fully saturated rings. The maximum atomic E-state index is 12.3. The fourth-order valence-electron chi connectivity index (χ4n) is 4.27. The third-order valence-electron chi connectivity index (χ3n) is 5.76. The van der Waals surface area contributed by atoms with E-state index in [9.17, 15) is 13.2 Å². The second-order valence-electron chi connectivity index (χ2n) is 7.78. The smallest absolute Gasteiger partial charge is 0.226 e. The van der Waals surface area contributed by atoms with Crippen LogP contribution in [0.15, 0.2) is 35.4 Å². The monoisotopic (exact) mass is 387 g/mol. The third kappa shape index (κ3) is 3.78. The number of carbonyl (C=O) groups is 1. The minimum Gasteiger partial charge on any atom is -0.311 e. The highest BCUT2D eigenvalue weighted by Crippen LogP contribution is 2.38. The van der Waals surface area contributed by atoms with Crippen molar-refractivity contribution in [3.8, 4) is 0 Å². The molecule has 1 unspecified atom stereocenters. The summed E-state index contributed by atoms with van der Waals surface area (Å²) in [6, 6.07) is 6.84. The van der Waals surface area contributed by atoms with Gasteiger partial charge in [0.15, 0.2) is 9.84 Å². The Morgan fingerprint density at radius 2 is 1.85 bits per heavy atom. The SMILES string of the molecule is CS(=O)(=O)c1ccc(C2CC(=O)Nc3c2cnn3CC2CCCCC2)cc1. The zero-order valence-electron chi connectivity index (χ0n) is 15.5. The summed E-state index contributed by atoms with van der Waals surface area (Å²) in [5, 5.41) is 7.56. The number of aromatic nitrogens is 2. The van der Waals surface area contributed by atoms with Crippen molar-refractivity contribution in [1.82, 2.24) is 9.78 Å². The summed E-state index contributed by atoms with van der Waals surface area (Å²) in [4.78, 5) is 12.6. The van der Waals surface area contributed by atoms with Crippen LogP contribution in [0.3, 0.4) is 0 Å². The highest BCUT2D eigenvalue weighted by atomic mass is 32.2. The summed E-state index contributed by atoms with van der Waals surface area (Å²) in [5.74, 6) is 1.30. The molecule has 1 aromatic heterocycles. The first-order chi connectivity index (χ1) is 12.9. The van der Waals surface area contributed by atoms with Crippen molar-refractivity contribution in [3.63, 3.8) is 0 Å². The van der Waals surface area contributed by atoms with Crippen molar-refractivity contribution < 1.29 is 13.2 Å². The van der Waals surface area contributed by atoms with Gasteiger partial charge in [-0.1, -0.05) is 31.4 Å². The van der Waals surface area contributed by atoms with E-state index in [1.807, 2.05) is 23.0 Å². The molecule has 0 bridgehead atoms. The first-order valence-electron chi connectivity index (χ1n) is 9.57. The highest BCUT2D eigenvalue weighted by molar-refractivity contribution is 7.90. The molecule has 6 nitrogen and oxygen atoms in total. The molecular formula is C20H25N3O3S. The first kappa shape index (κ1) is 18.2. The van der Waals surface area contributed by atoms with Crippen LogP contribution in [0, 0.1) is 5.92 Å². The molecule has 0 spiro atoms. The summed E-state index contributed by atoms with van der Waals surface area (Å²) in [6.45, 7) is 0.843. The Hall–Kier alpha value is -2.15. The molecular weight excluding hydrogens is 362 g/mol. The molecule has 0 radical (unpaired) electrons. The second-order valence-corrected chi connectivity index (χ2v) is 9.80. The van der Waals surface area contributed by atoms with Gasteiger partial charge in [-0.05, 0) is 36.5 Å². The molecule has 2 heterocycles. The summed E-state index contributed by atoms with van der Waals surface area (Å²) in [7, 11) is -3.23. The fourth-order valence-corrected chi connectivity index (χ4v) is 4.90. The van der Waals surface area contributed by atoms with Crippen molar-refractivity contribution >= 4 is 21.6 Å². The zero-order chi connectivity index (χ0) is 19.0. The number of amides is 1. The average molecular weight is 388 g/mol. The number of anilines is 1. The van der Waals surface area contributed by atoms with Gasteiger partial charge in [0.05, 0.1) is 11.1 Å². The van der Waals surface area contributed by atoms with Gasteiger partial charge >= 0.3 is 0 Å². The second kappa shape index (κ2) is 7.11. The Morgan fingerprint density at radius 1 is 1.15 bits per heavy atom. The minimum atomic E-state index is -3.23. The summed E-state index contributed by atoms with van der Waals surface area (Å²) in [6.07, 6.45) is 9.70. The molecule has 144 valence electrons. The number of fused-ring (bicyclic) bond motifs is 1. The normalized spacial score (nSPS) is 20.9. The molecule has 1 aliphatic heterocycles. The van der Waals surface area contributed by atoms with Crippen molar-refractivity contribution in [2.75, 3.05) is 11.6 Å². The van der Waals surface area contributed by atoms with E-state index in [0.29, 0.717) is 17.2 Å². The maximum absolute atomic E-state index is 12.3. The van der Waals surface area contributed by atoms with Gasteiger partial charge in [-0.15, -0.1) is 0 Å². The van der Waals surface area contributed by atoms with Crippen molar-refractivity contribution in [2.45, 2.75) is 55.9 Å². The fraction of sp³-hybridized carbons (Fsp3) is 0.500. The first-order valence-corrected chi connectivity index (χ1v) is 11.5. The third-order valence-corrected chi connectivity index (χ3v) is 6.89. The van der Waals surface area contributed by atoms with E-state index in [2.05, 4.69) is 10.4 Å². The lowest BCUT2D eigenvalue weighted by Gasteiger charge is -2.26. The molecule has 2 aromatic rings. The van der Waals surface area contributed by atoms with Gasteiger partial charge in [0, 0.05) is 30.7 Å². The molecule has 27 heavy (non-hydrogen) atoms. The van der Waals surface area contributed by atoms with E-state index >= 15 is 0 Å². The molecule has 1 amide bonds. The Kier molecular flexibility index (Phi) is 4.80. The number of carbonyl (C=O) groups excluding carboxylic acids is 1. The van der Waals surface area contributed by atoms with Crippen LogP contribution >= 0.6 is 0 Å². The highest BCUT2D eigenvalue weighted by Gasteiger charge is 2.30. The van der Waals surface area contributed by atoms with E-state index in [-0.39, 0.29) is 11.8 Å². The van der Waals surface area contributed by atoms with E-state index < -0.39 is 9.84 Å². The number of nitrogens with one attached hydrogen (secondary N) is 1. The predicted octanol–water partition coefficient (Wildman–Crippen LogP) is 3.34. The molecule has 4 rings (SSSR count). The molecule has 7 heteroatoms. The lowest BCUT2D eigenvalue weighted by atomic mass is 9.87. The van der Waals surface area contributed by atoms with Gasteiger partial charge in [-0.2, -0.15) is 5.10 Å². The van der Waals surface area contributed by atoms with Crippen LogP contribution in [-0.4, -0.2) is 30.4 Å². The Labute approximate surface area is 159 Å². The lowest BCUT2D eigenvalue weighted by Crippen LogP contribution is -2.26. The topological polar surface area (TPSA) is 81.1 Å². The van der Waals surface area contributed by atoms with Crippen molar-refractivity contribution in [3.05, 3.63) is 41.6 Å². The number of hydrogen-bond donors (Lipinski definition) is 1. The van der Waals surface area contributed by atoms with Gasteiger partial charge < -0.3 is 5.32 Å². The number of benzene rings is 1. The van der Waals surface area contributed by atoms with E-state index in [1.165, 1.54) is 38.4 Å². The van der Waals surface area contributed by atoms with E-state index in [4.69, 9.17) is 0 Å². The molecule has 1 saturated carbocycles. The Bertz CT molecular complexity index is 941. The molecule has 1 N–H and O–H groups in total. The quantitative estimate of drug-likeness (QED) is 0.872. The molecule has 2 aliphatic rings. The summed E-state index contributed by atoms with van der Waals surface area (Å²) in [5.41, 5.74) is 1.95. The van der Waals surface area contributed by atoms with Gasteiger partial charge in [-0.25, -0.2) is 13.1 Å². The van der Waals surface area contributed by atoms with Gasteiger partial charge in [0.2, 0.25) is 5.91 Å². The van der Waals surface area contributed by atoms with Crippen LogP contribution in [0.25, 0.3) is 0 Å². The Morgan fingerprint density at radius 3 is 2.52 bits per heavy atom. The van der Waals surface area contributed by atoms with Crippen LogP contribution in [0.1, 0.15) is 55.6 Å². The number of nitrogens with zero attached hydrogens (tertiary/aromatic N) is 2. The van der Waals surface area contributed by atoms with Crippen molar-refractivity contribution in [1.29, 1.82) is 0 Å². The van der Waals surface area contributed by atoms with Crippen LogP contribution in [-0.2, 0) is 21.2 Å². The molecule has 1 aromatic carbocycles. The van der Waals surface area contributed by atoms with Gasteiger partial charge in [0.25, 0.3) is 0 Å². The van der Waals surface area contributed by atoms with E-state index in [0.717, 1.165) is 23.5 Å². The van der Waals surface area contributed by atoms with E-state index in [1.54, 1.807) is 12.1 Å². The van der Waals surface area contributed by atoms with Crippen LogP contribution in [0.4, 0.5) is 5.82 Å².